The van der Waals surface area contributed by atoms with Gasteiger partial charge in [0.2, 0.25) is 0 Å². The van der Waals surface area contributed by atoms with E-state index >= 15 is 0 Å². The lowest BCUT2D eigenvalue weighted by molar-refractivity contribution is -0.142. The molecule has 0 saturated carbocycles. The molecule has 1 N–H and O–H groups in total. The second-order valence-electron chi connectivity index (χ2n) is 2.45. The first-order valence-corrected chi connectivity index (χ1v) is 3.42. The molecule has 2 nitrogen and oxygen atoms in total. The molecular weight excluding hydrogens is 140 g/mol. The molecule has 2 heteroatoms. The first-order valence-electron chi connectivity index (χ1n) is 3.42. The number of rotatable bonds is 4. The lowest BCUT2D eigenvalue weighted by Gasteiger charge is -2.12. The molecule has 0 spiro atoms. The first-order chi connectivity index (χ1) is 5.13. The van der Waals surface area contributed by atoms with Crippen molar-refractivity contribution in [3.8, 4) is 12.3 Å². The molecule has 0 aliphatic heterocycles. The molecule has 0 aromatic heterocycles. The van der Waals surface area contributed by atoms with Gasteiger partial charge in [-0.3, -0.25) is 4.79 Å². The van der Waals surface area contributed by atoms with Gasteiger partial charge in [0, 0.05) is 6.42 Å². The summed E-state index contributed by atoms with van der Waals surface area (Å²) in [4.78, 5) is 10.5. The van der Waals surface area contributed by atoms with E-state index in [0.717, 1.165) is 0 Å². The van der Waals surface area contributed by atoms with E-state index in [1.54, 1.807) is 13.0 Å². The Morgan fingerprint density at radius 2 is 2.45 bits per heavy atom. The maximum Gasteiger partial charge on any atom is 0.308 e. The lowest BCUT2D eigenvalue weighted by Crippen LogP contribution is -2.19. The monoisotopic (exact) mass is 152 g/mol. The minimum absolute atomic E-state index is 0.0662. The largest absolute Gasteiger partial charge is 0.481 e. The van der Waals surface area contributed by atoms with Gasteiger partial charge in [-0.25, -0.2) is 0 Å². The fourth-order valence-corrected chi connectivity index (χ4v) is 0.789. The van der Waals surface area contributed by atoms with E-state index in [0.29, 0.717) is 0 Å². The number of carbonyl (C=O) groups is 1. The standard InChI is InChI=1S/C9H12O2/c1-4-6-8(9(10)11)7(3)5-2/h1,5,7-8H,2,6H2,3H3,(H,10,11). The molecule has 0 aliphatic carbocycles. The maximum atomic E-state index is 10.5. The van der Waals surface area contributed by atoms with Crippen LogP contribution in [0.3, 0.4) is 0 Å². The molecule has 0 aromatic carbocycles. The minimum Gasteiger partial charge on any atom is -0.481 e. The van der Waals surface area contributed by atoms with Gasteiger partial charge in [-0.1, -0.05) is 13.0 Å². The van der Waals surface area contributed by atoms with Crippen molar-refractivity contribution in [3.63, 3.8) is 0 Å². The highest BCUT2D eigenvalue weighted by molar-refractivity contribution is 5.71. The summed E-state index contributed by atoms with van der Waals surface area (Å²) in [6, 6.07) is 0. The molecule has 2 unspecified atom stereocenters. The van der Waals surface area contributed by atoms with Crippen LogP contribution in [0.2, 0.25) is 0 Å². The molecule has 0 aromatic rings. The summed E-state index contributed by atoms with van der Waals surface area (Å²) < 4.78 is 0. The minimum atomic E-state index is -0.852. The molecule has 11 heavy (non-hydrogen) atoms. The smallest absolute Gasteiger partial charge is 0.308 e. The van der Waals surface area contributed by atoms with E-state index in [1.165, 1.54) is 0 Å². The third-order valence-corrected chi connectivity index (χ3v) is 1.66. The summed E-state index contributed by atoms with van der Waals surface area (Å²) in [5.41, 5.74) is 0. The Hall–Kier alpha value is -1.23. The topological polar surface area (TPSA) is 37.3 Å². The van der Waals surface area contributed by atoms with Crippen LogP contribution in [0.25, 0.3) is 0 Å². The van der Waals surface area contributed by atoms with Gasteiger partial charge in [0.25, 0.3) is 0 Å². The zero-order valence-corrected chi connectivity index (χ0v) is 6.58. The average Bonchev–Trinajstić information content (AvgIpc) is 1.98. The molecule has 2 atom stereocenters. The van der Waals surface area contributed by atoms with Crippen LogP contribution in [-0.4, -0.2) is 11.1 Å². The number of allylic oxidation sites excluding steroid dienone is 1. The Morgan fingerprint density at radius 3 is 2.73 bits per heavy atom. The molecule has 0 amide bonds. The molecular formula is C9H12O2. The first kappa shape index (κ1) is 9.77. The summed E-state index contributed by atoms with van der Waals surface area (Å²) in [6.07, 6.45) is 6.89. The highest BCUT2D eigenvalue weighted by Gasteiger charge is 2.20. The molecule has 0 fully saturated rings. The van der Waals surface area contributed by atoms with E-state index in [2.05, 4.69) is 12.5 Å². The van der Waals surface area contributed by atoms with E-state index in [1.807, 2.05) is 0 Å². The van der Waals surface area contributed by atoms with Crippen molar-refractivity contribution >= 4 is 5.97 Å². The second-order valence-corrected chi connectivity index (χ2v) is 2.45. The van der Waals surface area contributed by atoms with E-state index < -0.39 is 11.9 Å². The van der Waals surface area contributed by atoms with Crippen LogP contribution in [0.5, 0.6) is 0 Å². The number of hydrogen-bond acceptors (Lipinski definition) is 1. The summed E-state index contributed by atoms with van der Waals surface area (Å²) in [7, 11) is 0. The zero-order valence-electron chi connectivity index (χ0n) is 6.58. The molecule has 60 valence electrons. The van der Waals surface area contributed by atoms with Crippen molar-refractivity contribution < 1.29 is 9.90 Å². The van der Waals surface area contributed by atoms with Crippen LogP contribution in [-0.2, 0) is 4.79 Å². The van der Waals surface area contributed by atoms with Crippen LogP contribution in [0.4, 0.5) is 0 Å². The van der Waals surface area contributed by atoms with Crippen LogP contribution >= 0.6 is 0 Å². The number of carboxylic acids is 1. The lowest BCUT2D eigenvalue weighted by atomic mass is 9.92. The Balaban J connectivity index is 4.22. The van der Waals surface area contributed by atoms with Gasteiger partial charge in [0.05, 0.1) is 5.92 Å². The van der Waals surface area contributed by atoms with Gasteiger partial charge in [0.15, 0.2) is 0 Å². The summed E-state index contributed by atoms with van der Waals surface area (Å²) in [6.45, 7) is 5.31. The fourth-order valence-electron chi connectivity index (χ4n) is 0.789. The van der Waals surface area contributed by atoms with Crippen molar-refractivity contribution in [2.75, 3.05) is 0 Å². The van der Waals surface area contributed by atoms with E-state index in [9.17, 15) is 4.79 Å². The molecule has 0 rings (SSSR count). The van der Waals surface area contributed by atoms with Crippen LogP contribution in [0.1, 0.15) is 13.3 Å². The van der Waals surface area contributed by atoms with Crippen molar-refractivity contribution in [2.24, 2.45) is 11.8 Å². The number of aliphatic carboxylic acids is 1. The molecule has 0 aliphatic rings. The van der Waals surface area contributed by atoms with E-state index in [-0.39, 0.29) is 12.3 Å². The summed E-state index contributed by atoms with van der Waals surface area (Å²) in [5, 5.41) is 8.66. The van der Waals surface area contributed by atoms with Gasteiger partial charge in [-0.2, -0.15) is 0 Å². The Kier molecular flexibility index (Phi) is 4.05. The Bertz CT molecular complexity index is 188. The quantitative estimate of drug-likeness (QED) is 0.490. The van der Waals surface area contributed by atoms with Crippen molar-refractivity contribution in [1.82, 2.24) is 0 Å². The zero-order chi connectivity index (χ0) is 8.85. The number of hydrogen-bond donors (Lipinski definition) is 1. The van der Waals surface area contributed by atoms with Crippen LogP contribution in [0, 0.1) is 24.2 Å². The third-order valence-electron chi connectivity index (χ3n) is 1.66. The van der Waals surface area contributed by atoms with Crippen molar-refractivity contribution in [3.05, 3.63) is 12.7 Å². The summed E-state index contributed by atoms with van der Waals surface area (Å²) in [5.74, 6) is 0.930. The molecule has 0 saturated heterocycles. The summed E-state index contributed by atoms with van der Waals surface area (Å²) >= 11 is 0. The normalized spacial score (nSPS) is 14.5. The van der Waals surface area contributed by atoms with Gasteiger partial charge in [0.1, 0.15) is 0 Å². The Morgan fingerprint density at radius 1 is 1.91 bits per heavy atom. The highest BCUT2D eigenvalue weighted by Crippen LogP contribution is 2.15. The average molecular weight is 152 g/mol. The van der Waals surface area contributed by atoms with E-state index in [4.69, 9.17) is 11.5 Å². The van der Waals surface area contributed by atoms with Crippen molar-refractivity contribution in [2.45, 2.75) is 13.3 Å². The van der Waals surface area contributed by atoms with Crippen LogP contribution in [0.15, 0.2) is 12.7 Å². The van der Waals surface area contributed by atoms with Gasteiger partial charge < -0.3 is 5.11 Å². The SMILES string of the molecule is C#CCC(C(=O)O)C(C)C=C. The third kappa shape index (κ3) is 2.90. The number of terminal acetylenes is 1. The second kappa shape index (κ2) is 4.56. The highest BCUT2D eigenvalue weighted by atomic mass is 16.4. The predicted molar refractivity (Wildman–Crippen MR) is 43.9 cm³/mol. The van der Waals surface area contributed by atoms with Crippen molar-refractivity contribution in [1.29, 1.82) is 0 Å². The Labute approximate surface area is 66.9 Å². The fraction of sp³-hybridized carbons (Fsp3) is 0.444. The molecule has 0 bridgehead atoms. The van der Waals surface area contributed by atoms with Crippen LogP contribution < -0.4 is 0 Å². The van der Waals surface area contributed by atoms with Gasteiger partial charge >= 0.3 is 5.97 Å². The van der Waals surface area contributed by atoms with Gasteiger partial charge in [-0.15, -0.1) is 18.9 Å². The number of carboxylic acid groups (broad SMARTS) is 1. The molecule has 0 radical (unpaired) electrons. The molecule has 0 heterocycles. The predicted octanol–water partition coefficient (Wildman–Crippen LogP) is 1.53. The van der Waals surface area contributed by atoms with Gasteiger partial charge in [-0.05, 0) is 5.92 Å². The maximum absolute atomic E-state index is 10.5.